The van der Waals surface area contributed by atoms with Crippen LogP contribution in [0.4, 0.5) is 18.9 Å². The third-order valence-corrected chi connectivity index (χ3v) is 4.01. The van der Waals surface area contributed by atoms with E-state index in [1.54, 1.807) is 6.07 Å². The van der Waals surface area contributed by atoms with E-state index in [2.05, 4.69) is 15.8 Å². The molecule has 0 saturated heterocycles. The molecule has 1 saturated carbocycles. The number of fused-ring (bicyclic) bond motifs is 1. The van der Waals surface area contributed by atoms with Crippen LogP contribution in [0.1, 0.15) is 17.5 Å². The van der Waals surface area contributed by atoms with Gasteiger partial charge in [0.25, 0.3) is 0 Å². The fraction of sp³-hybridized carbons (Fsp3) is 0.467. The number of methoxy groups -OCH3 is 1. The zero-order valence-electron chi connectivity index (χ0n) is 12.4. The molecular formula is C15H16F3N3O2. The summed E-state index contributed by atoms with van der Waals surface area (Å²) in [6.45, 7) is 0.585. The van der Waals surface area contributed by atoms with E-state index < -0.39 is 11.7 Å². The third-order valence-electron chi connectivity index (χ3n) is 4.01. The number of nitrogens with one attached hydrogen (secondary N) is 2. The van der Waals surface area contributed by atoms with Crippen LogP contribution in [0.25, 0.3) is 0 Å². The van der Waals surface area contributed by atoms with E-state index in [-0.39, 0.29) is 30.0 Å². The summed E-state index contributed by atoms with van der Waals surface area (Å²) in [5.41, 5.74) is 2.54. The molecule has 1 unspecified atom stereocenters. The van der Waals surface area contributed by atoms with E-state index >= 15 is 0 Å². The molecule has 2 aliphatic rings. The fourth-order valence-corrected chi connectivity index (χ4v) is 2.73. The highest BCUT2D eigenvalue weighted by Gasteiger charge is 2.49. The number of amides is 1. The Balaban J connectivity index is 1.90. The van der Waals surface area contributed by atoms with Crippen LogP contribution in [0, 0.1) is 11.8 Å². The van der Waals surface area contributed by atoms with Gasteiger partial charge in [-0.25, -0.2) is 5.43 Å². The third kappa shape index (κ3) is 3.17. The minimum Gasteiger partial charge on any atom is -0.383 e. The smallest absolute Gasteiger partial charge is 0.383 e. The van der Waals surface area contributed by atoms with Crippen LogP contribution in [-0.2, 0) is 15.7 Å². The number of benzene rings is 1. The number of hydrogen-bond acceptors (Lipinski definition) is 4. The number of rotatable bonds is 5. The van der Waals surface area contributed by atoms with E-state index in [0.717, 1.165) is 6.07 Å². The molecule has 1 fully saturated rings. The minimum atomic E-state index is -4.48. The maximum atomic E-state index is 13.3. The first-order chi connectivity index (χ1) is 10.9. The molecule has 1 aliphatic heterocycles. The van der Waals surface area contributed by atoms with Gasteiger partial charge in [0, 0.05) is 31.2 Å². The summed E-state index contributed by atoms with van der Waals surface area (Å²) < 4.78 is 44.7. The average Bonchev–Trinajstić information content (AvgIpc) is 3.29. The lowest BCUT2D eigenvalue weighted by atomic mass is 10.00. The fourth-order valence-electron chi connectivity index (χ4n) is 2.73. The lowest BCUT2D eigenvalue weighted by Crippen LogP contribution is -2.29. The lowest BCUT2D eigenvalue weighted by Gasteiger charge is -2.17. The van der Waals surface area contributed by atoms with Gasteiger partial charge in [0.2, 0.25) is 5.91 Å². The summed E-state index contributed by atoms with van der Waals surface area (Å²) in [5.74, 6) is -0.388. The molecule has 1 amide bonds. The van der Waals surface area contributed by atoms with Gasteiger partial charge >= 0.3 is 6.18 Å². The Bertz CT molecular complexity index is 658. The number of carbonyl (C=O) groups excluding carboxylic acids is 1. The van der Waals surface area contributed by atoms with Gasteiger partial charge in [0.05, 0.1) is 17.9 Å². The molecule has 2 atom stereocenters. The highest BCUT2D eigenvalue weighted by atomic mass is 19.4. The molecule has 0 bridgehead atoms. The molecular weight excluding hydrogens is 311 g/mol. The van der Waals surface area contributed by atoms with E-state index in [0.29, 0.717) is 24.3 Å². The Morgan fingerprint density at radius 2 is 2.17 bits per heavy atom. The number of halogens is 3. The molecule has 1 aromatic carbocycles. The van der Waals surface area contributed by atoms with Crippen molar-refractivity contribution in [3.05, 3.63) is 29.3 Å². The van der Waals surface area contributed by atoms with Gasteiger partial charge in [-0.15, -0.1) is 0 Å². The predicted octanol–water partition coefficient (Wildman–Crippen LogP) is 2.23. The van der Waals surface area contributed by atoms with E-state index in [1.165, 1.54) is 13.2 Å². The van der Waals surface area contributed by atoms with Crippen LogP contribution in [0.5, 0.6) is 0 Å². The summed E-state index contributed by atoms with van der Waals surface area (Å²) in [7, 11) is 1.48. The maximum Gasteiger partial charge on any atom is 0.418 e. The first-order valence-electron chi connectivity index (χ1n) is 7.23. The summed E-state index contributed by atoms with van der Waals surface area (Å²) in [6.07, 6.45) is -3.84. The Morgan fingerprint density at radius 1 is 1.39 bits per heavy atom. The van der Waals surface area contributed by atoms with Crippen molar-refractivity contribution in [3.8, 4) is 0 Å². The van der Waals surface area contributed by atoms with Crippen molar-refractivity contribution in [2.45, 2.75) is 12.6 Å². The summed E-state index contributed by atoms with van der Waals surface area (Å²) in [5, 5.41) is 6.67. The van der Waals surface area contributed by atoms with Gasteiger partial charge in [-0.3, -0.25) is 4.79 Å². The van der Waals surface area contributed by atoms with Crippen LogP contribution in [0.3, 0.4) is 0 Å². The second kappa shape index (κ2) is 5.84. The van der Waals surface area contributed by atoms with Crippen molar-refractivity contribution >= 4 is 17.3 Å². The molecule has 124 valence electrons. The Hall–Kier alpha value is -2.09. The van der Waals surface area contributed by atoms with Crippen molar-refractivity contribution in [2.75, 3.05) is 25.6 Å². The molecule has 0 aromatic heterocycles. The van der Waals surface area contributed by atoms with Crippen molar-refractivity contribution in [1.29, 1.82) is 0 Å². The van der Waals surface area contributed by atoms with Crippen molar-refractivity contribution in [2.24, 2.45) is 16.9 Å². The number of nitrogens with zero attached hydrogens (tertiary/aromatic N) is 1. The van der Waals surface area contributed by atoms with Crippen molar-refractivity contribution < 1.29 is 22.7 Å². The molecule has 3 rings (SSSR count). The second-order valence-corrected chi connectivity index (χ2v) is 5.60. The van der Waals surface area contributed by atoms with Gasteiger partial charge in [-0.05, 0) is 24.1 Å². The second-order valence-electron chi connectivity index (χ2n) is 5.60. The number of ether oxygens (including phenoxy) is 1. The van der Waals surface area contributed by atoms with Gasteiger partial charge in [0.15, 0.2) is 0 Å². The Morgan fingerprint density at radius 3 is 2.87 bits per heavy atom. The first-order valence-corrected chi connectivity index (χ1v) is 7.23. The van der Waals surface area contributed by atoms with Crippen LogP contribution in [0.2, 0.25) is 0 Å². The number of carbonyl (C=O) groups is 1. The Labute approximate surface area is 130 Å². The molecule has 0 spiro atoms. The summed E-state index contributed by atoms with van der Waals surface area (Å²) in [4.78, 5) is 11.4. The van der Waals surface area contributed by atoms with Crippen LogP contribution in [0.15, 0.2) is 23.3 Å². The van der Waals surface area contributed by atoms with Crippen LogP contribution >= 0.6 is 0 Å². The topological polar surface area (TPSA) is 62.7 Å². The number of hydrogen-bond donors (Lipinski definition) is 2. The van der Waals surface area contributed by atoms with Gasteiger partial charge in [-0.1, -0.05) is 6.07 Å². The van der Waals surface area contributed by atoms with Gasteiger partial charge in [-0.2, -0.15) is 18.3 Å². The van der Waals surface area contributed by atoms with Crippen molar-refractivity contribution in [3.63, 3.8) is 0 Å². The first kappa shape index (κ1) is 15.8. The van der Waals surface area contributed by atoms with Crippen LogP contribution in [-0.4, -0.2) is 31.9 Å². The lowest BCUT2D eigenvalue weighted by molar-refractivity contribution is -0.137. The van der Waals surface area contributed by atoms with E-state index in [1.807, 2.05) is 0 Å². The zero-order chi connectivity index (χ0) is 16.6. The predicted molar refractivity (Wildman–Crippen MR) is 78.1 cm³/mol. The van der Waals surface area contributed by atoms with Crippen molar-refractivity contribution in [1.82, 2.24) is 5.43 Å². The highest BCUT2D eigenvalue weighted by molar-refractivity contribution is 6.09. The van der Waals surface area contributed by atoms with Gasteiger partial charge in [0.1, 0.15) is 0 Å². The quantitative estimate of drug-likeness (QED) is 0.815. The molecule has 5 nitrogen and oxygen atoms in total. The number of alkyl halides is 3. The van der Waals surface area contributed by atoms with Gasteiger partial charge < -0.3 is 10.1 Å². The normalized spacial score (nSPS) is 23.0. The van der Waals surface area contributed by atoms with Crippen LogP contribution < -0.4 is 10.7 Å². The summed E-state index contributed by atoms with van der Waals surface area (Å²) in [6, 6.07) is 4.07. The van der Waals surface area contributed by atoms with E-state index in [4.69, 9.17) is 4.74 Å². The molecule has 1 aromatic rings. The standard InChI is InChI=1S/C15H16F3N3O2/c1-23-5-4-19-12-3-2-8(6-11(12)15(16,17)18)13-9-7-10(9)14(22)21-20-13/h2-3,6,9-10,19H,4-5,7H2,1H3,(H,21,22)/t9?,10-/m0/s1. The summed E-state index contributed by atoms with van der Waals surface area (Å²) >= 11 is 0. The molecule has 8 heteroatoms. The number of anilines is 1. The molecule has 2 N–H and O–H groups in total. The van der Waals surface area contributed by atoms with E-state index in [9.17, 15) is 18.0 Å². The molecule has 1 heterocycles. The largest absolute Gasteiger partial charge is 0.418 e. The highest BCUT2D eigenvalue weighted by Crippen LogP contribution is 2.44. The average molecular weight is 327 g/mol. The Kier molecular flexibility index (Phi) is 4.01. The minimum absolute atomic E-state index is 0.00564. The zero-order valence-corrected chi connectivity index (χ0v) is 12.4. The monoisotopic (exact) mass is 327 g/mol. The molecule has 0 radical (unpaired) electrons. The maximum absolute atomic E-state index is 13.3. The molecule has 23 heavy (non-hydrogen) atoms. The SMILES string of the molecule is COCCNc1ccc(C2=NNC(=O)[C@H]3CC23)cc1C(F)(F)F. The molecule has 1 aliphatic carbocycles. The number of hydrazone groups is 1.